The van der Waals surface area contributed by atoms with E-state index in [0.717, 1.165) is 17.3 Å². The number of unbranched alkanes of at least 4 members (excludes halogenated alkanes) is 1. The van der Waals surface area contributed by atoms with Gasteiger partial charge in [0.25, 0.3) is 0 Å². The van der Waals surface area contributed by atoms with E-state index in [1.54, 1.807) is 11.3 Å². The van der Waals surface area contributed by atoms with Crippen molar-refractivity contribution >= 4 is 11.3 Å². The first-order valence-electron chi connectivity index (χ1n) is 7.31. The lowest BCUT2D eigenvalue weighted by Crippen LogP contribution is -2.45. The summed E-state index contributed by atoms with van der Waals surface area (Å²) in [4.78, 5) is 4.56. The highest BCUT2D eigenvalue weighted by atomic mass is 32.1. The molecule has 1 fully saturated rings. The average Bonchev–Trinajstić information content (AvgIpc) is 2.74. The van der Waals surface area contributed by atoms with E-state index in [1.807, 2.05) is 0 Å². The Kier molecular flexibility index (Phi) is 4.79. The van der Waals surface area contributed by atoms with E-state index in [4.69, 9.17) is 5.73 Å². The summed E-state index contributed by atoms with van der Waals surface area (Å²) in [7, 11) is 0. The van der Waals surface area contributed by atoms with E-state index in [9.17, 15) is 0 Å². The highest BCUT2D eigenvalue weighted by Gasteiger charge is 2.32. The monoisotopic (exact) mass is 266 g/mol. The van der Waals surface area contributed by atoms with E-state index in [-0.39, 0.29) is 5.54 Å². The summed E-state index contributed by atoms with van der Waals surface area (Å²) in [6, 6.07) is 0. The molecule has 0 radical (unpaired) electrons. The molecule has 0 aromatic carbocycles. The maximum atomic E-state index is 6.56. The van der Waals surface area contributed by atoms with Gasteiger partial charge in [0.1, 0.15) is 0 Å². The summed E-state index contributed by atoms with van der Waals surface area (Å²) in [5.41, 5.74) is 7.77. The van der Waals surface area contributed by atoms with Crippen LogP contribution in [0.5, 0.6) is 0 Å². The first-order valence-corrected chi connectivity index (χ1v) is 8.19. The molecule has 2 N–H and O–H groups in total. The minimum Gasteiger partial charge on any atom is -0.325 e. The zero-order chi connectivity index (χ0) is 13.0. The minimum atomic E-state index is 0.0171. The first kappa shape index (κ1) is 14.0. The molecule has 1 aromatic heterocycles. The van der Waals surface area contributed by atoms with Crippen LogP contribution < -0.4 is 5.73 Å². The summed E-state index contributed by atoms with van der Waals surface area (Å²) in [5, 5.41) is 3.33. The number of hydrogen-bond donors (Lipinski definition) is 1. The molecule has 1 aliphatic rings. The third kappa shape index (κ3) is 3.79. The highest BCUT2D eigenvalue weighted by Crippen LogP contribution is 2.35. The van der Waals surface area contributed by atoms with Crippen molar-refractivity contribution in [3.05, 3.63) is 16.1 Å². The van der Waals surface area contributed by atoms with Crippen molar-refractivity contribution in [2.75, 3.05) is 0 Å². The second-order valence-corrected chi connectivity index (χ2v) is 7.04. The predicted octanol–water partition coefficient (Wildman–Crippen LogP) is 4.07. The van der Waals surface area contributed by atoms with Crippen molar-refractivity contribution < 1.29 is 0 Å². The maximum Gasteiger partial charge on any atom is 0.0897 e. The van der Waals surface area contributed by atoms with Gasteiger partial charge in [-0.05, 0) is 38.5 Å². The molecule has 1 heterocycles. The van der Waals surface area contributed by atoms with Crippen LogP contribution in [0.15, 0.2) is 5.38 Å². The largest absolute Gasteiger partial charge is 0.325 e. The van der Waals surface area contributed by atoms with Crippen molar-refractivity contribution in [2.45, 2.75) is 70.8 Å². The third-order valence-corrected chi connectivity index (χ3v) is 5.09. The van der Waals surface area contributed by atoms with Crippen molar-refractivity contribution in [2.24, 2.45) is 11.7 Å². The standard InChI is InChI=1S/C15H26N2S/c1-3-4-5-13-6-8-15(16,9-7-13)10-14-11-18-12(2)17-14/h11,13H,3-10,16H2,1-2H3. The molecule has 0 bridgehead atoms. The van der Waals surface area contributed by atoms with Gasteiger partial charge in [-0.25, -0.2) is 4.98 Å². The van der Waals surface area contributed by atoms with Crippen LogP contribution in [-0.4, -0.2) is 10.5 Å². The minimum absolute atomic E-state index is 0.0171. The predicted molar refractivity (Wildman–Crippen MR) is 79.0 cm³/mol. The first-order chi connectivity index (χ1) is 8.61. The van der Waals surface area contributed by atoms with Gasteiger partial charge in [-0.2, -0.15) is 0 Å². The van der Waals surface area contributed by atoms with Gasteiger partial charge in [0, 0.05) is 17.3 Å². The molecule has 0 amide bonds. The quantitative estimate of drug-likeness (QED) is 0.872. The summed E-state index contributed by atoms with van der Waals surface area (Å²) in [6.07, 6.45) is 10.1. The Morgan fingerprint density at radius 3 is 2.72 bits per heavy atom. The van der Waals surface area contributed by atoms with Crippen molar-refractivity contribution in [3.63, 3.8) is 0 Å². The molecule has 0 spiro atoms. The summed E-state index contributed by atoms with van der Waals surface area (Å²) in [5.74, 6) is 0.929. The van der Waals surface area contributed by atoms with Gasteiger partial charge in [0.05, 0.1) is 10.7 Å². The molecule has 1 aromatic rings. The zero-order valence-electron chi connectivity index (χ0n) is 11.7. The van der Waals surface area contributed by atoms with Crippen LogP contribution in [0.25, 0.3) is 0 Å². The molecule has 0 atom stereocenters. The molecule has 0 saturated heterocycles. The summed E-state index contributed by atoms with van der Waals surface area (Å²) >= 11 is 1.74. The number of nitrogens with zero attached hydrogens (tertiary/aromatic N) is 1. The number of hydrogen-bond acceptors (Lipinski definition) is 3. The van der Waals surface area contributed by atoms with Crippen LogP contribution in [0.2, 0.25) is 0 Å². The Bertz CT molecular complexity index is 364. The van der Waals surface area contributed by atoms with Crippen LogP contribution in [0.3, 0.4) is 0 Å². The molecule has 2 nitrogen and oxygen atoms in total. The molecule has 0 aliphatic heterocycles. The topological polar surface area (TPSA) is 38.9 Å². The molecule has 1 aliphatic carbocycles. The summed E-state index contributed by atoms with van der Waals surface area (Å²) in [6.45, 7) is 4.35. The number of aryl methyl sites for hydroxylation is 1. The smallest absolute Gasteiger partial charge is 0.0897 e. The van der Waals surface area contributed by atoms with Gasteiger partial charge in [0.2, 0.25) is 0 Å². The molecule has 102 valence electrons. The fourth-order valence-electron chi connectivity index (χ4n) is 3.06. The average molecular weight is 266 g/mol. The number of rotatable bonds is 5. The third-order valence-electron chi connectivity index (χ3n) is 4.27. The van der Waals surface area contributed by atoms with Crippen LogP contribution in [0.4, 0.5) is 0 Å². The van der Waals surface area contributed by atoms with Gasteiger partial charge in [-0.15, -0.1) is 11.3 Å². The fourth-order valence-corrected chi connectivity index (χ4v) is 3.67. The number of nitrogens with two attached hydrogens (primary N) is 1. The van der Waals surface area contributed by atoms with E-state index < -0.39 is 0 Å². The molecule has 0 unspecified atom stereocenters. The van der Waals surface area contributed by atoms with Crippen LogP contribution in [-0.2, 0) is 6.42 Å². The number of thiazole rings is 1. The molecule has 18 heavy (non-hydrogen) atoms. The van der Waals surface area contributed by atoms with Crippen molar-refractivity contribution in [3.8, 4) is 0 Å². The van der Waals surface area contributed by atoms with Crippen LogP contribution >= 0.6 is 11.3 Å². The second-order valence-electron chi connectivity index (χ2n) is 5.98. The Balaban J connectivity index is 1.83. The normalized spacial score (nSPS) is 28.5. The Labute approximate surface area is 115 Å². The highest BCUT2D eigenvalue weighted by molar-refractivity contribution is 7.09. The summed E-state index contributed by atoms with van der Waals surface area (Å²) < 4.78 is 0. The number of aromatic nitrogens is 1. The zero-order valence-corrected chi connectivity index (χ0v) is 12.6. The lowest BCUT2D eigenvalue weighted by atomic mass is 9.73. The SMILES string of the molecule is CCCCC1CCC(N)(Cc2csc(C)n2)CC1. The van der Waals surface area contributed by atoms with Gasteiger partial charge in [0.15, 0.2) is 0 Å². The maximum absolute atomic E-state index is 6.56. The van der Waals surface area contributed by atoms with Gasteiger partial charge >= 0.3 is 0 Å². The van der Waals surface area contributed by atoms with Gasteiger partial charge < -0.3 is 5.73 Å². The van der Waals surface area contributed by atoms with Crippen LogP contribution in [0.1, 0.15) is 62.6 Å². The lowest BCUT2D eigenvalue weighted by Gasteiger charge is -2.37. The molecule has 2 rings (SSSR count). The molecular weight excluding hydrogens is 240 g/mol. The molecular formula is C15H26N2S. The van der Waals surface area contributed by atoms with Crippen molar-refractivity contribution in [1.29, 1.82) is 0 Å². The second kappa shape index (κ2) is 6.16. The van der Waals surface area contributed by atoms with E-state index in [1.165, 1.54) is 50.6 Å². The van der Waals surface area contributed by atoms with Gasteiger partial charge in [-0.1, -0.05) is 26.2 Å². The Morgan fingerprint density at radius 2 is 2.17 bits per heavy atom. The van der Waals surface area contributed by atoms with Gasteiger partial charge in [-0.3, -0.25) is 0 Å². The van der Waals surface area contributed by atoms with E-state index >= 15 is 0 Å². The Hall–Kier alpha value is -0.410. The van der Waals surface area contributed by atoms with E-state index in [0.29, 0.717) is 0 Å². The molecule has 1 saturated carbocycles. The Morgan fingerprint density at radius 1 is 1.44 bits per heavy atom. The fraction of sp³-hybridized carbons (Fsp3) is 0.800. The molecule has 3 heteroatoms. The lowest BCUT2D eigenvalue weighted by molar-refractivity contribution is 0.220. The van der Waals surface area contributed by atoms with Crippen LogP contribution in [0, 0.1) is 12.8 Å². The van der Waals surface area contributed by atoms with Crippen molar-refractivity contribution in [1.82, 2.24) is 4.98 Å². The van der Waals surface area contributed by atoms with E-state index in [2.05, 4.69) is 24.2 Å².